The van der Waals surface area contributed by atoms with Crippen LogP contribution in [0, 0.1) is 6.92 Å². The van der Waals surface area contributed by atoms with Gasteiger partial charge in [-0.15, -0.1) is 0 Å². The Labute approximate surface area is 88.5 Å². The Morgan fingerprint density at radius 1 is 1.20 bits per heavy atom. The summed E-state index contributed by atoms with van der Waals surface area (Å²) in [4.78, 5) is 4.13. The predicted octanol–water partition coefficient (Wildman–Crippen LogP) is 2.76. The van der Waals surface area contributed by atoms with E-state index in [0.29, 0.717) is 11.6 Å². The third-order valence-electron chi connectivity index (χ3n) is 2.01. The molecule has 0 saturated carbocycles. The molecule has 0 fully saturated rings. The Morgan fingerprint density at radius 3 is 2.60 bits per heavy atom. The summed E-state index contributed by atoms with van der Waals surface area (Å²) in [5.41, 5.74) is 7.18. The van der Waals surface area contributed by atoms with Crippen LogP contribution < -0.4 is 10.5 Å². The highest BCUT2D eigenvalue weighted by Gasteiger charge is 2.02. The maximum absolute atomic E-state index is 5.60. The zero-order valence-corrected chi connectivity index (χ0v) is 8.47. The number of hydrogen-bond donors (Lipinski definition) is 1. The molecule has 3 nitrogen and oxygen atoms in total. The van der Waals surface area contributed by atoms with Gasteiger partial charge in [0.2, 0.25) is 5.88 Å². The normalized spacial score (nSPS) is 9.93. The lowest BCUT2D eigenvalue weighted by molar-refractivity contribution is 0.459. The summed E-state index contributed by atoms with van der Waals surface area (Å²) < 4.78 is 5.60. The van der Waals surface area contributed by atoms with Crippen molar-refractivity contribution in [3.05, 3.63) is 48.2 Å². The first-order valence-electron chi connectivity index (χ1n) is 4.71. The molecule has 0 bridgehead atoms. The van der Waals surface area contributed by atoms with Gasteiger partial charge >= 0.3 is 0 Å². The van der Waals surface area contributed by atoms with Gasteiger partial charge in [-0.25, -0.2) is 4.98 Å². The van der Waals surface area contributed by atoms with Crippen LogP contribution in [-0.2, 0) is 0 Å². The SMILES string of the molecule is Cc1cc(N)cnc1Oc1ccccc1. The minimum atomic E-state index is 0.593. The molecule has 0 aliphatic heterocycles. The van der Waals surface area contributed by atoms with Crippen molar-refractivity contribution in [1.29, 1.82) is 0 Å². The summed E-state index contributed by atoms with van der Waals surface area (Å²) in [7, 11) is 0. The number of para-hydroxylation sites is 1. The molecule has 0 amide bonds. The number of nitrogens with two attached hydrogens (primary N) is 1. The van der Waals surface area contributed by atoms with E-state index >= 15 is 0 Å². The third-order valence-corrected chi connectivity index (χ3v) is 2.01. The van der Waals surface area contributed by atoms with E-state index in [0.717, 1.165) is 11.3 Å². The van der Waals surface area contributed by atoms with Crippen molar-refractivity contribution in [2.24, 2.45) is 0 Å². The van der Waals surface area contributed by atoms with Crippen LogP contribution in [-0.4, -0.2) is 4.98 Å². The molecule has 0 atom stereocenters. The molecule has 2 aromatic rings. The molecular formula is C12H12N2O. The van der Waals surface area contributed by atoms with Crippen LogP contribution in [0.15, 0.2) is 42.6 Å². The molecule has 0 saturated heterocycles. The van der Waals surface area contributed by atoms with Crippen LogP contribution >= 0.6 is 0 Å². The van der Waals surface area contributed by atoms with E-state index in [1.807, 2.05) is 43.3 Å². The fourth-order valence-electron chi connectivity index (χ4n) is 1.29. The largest absolute Gasteiger partial charge is 0.439 e. The Balaban J connectivity index is 2.25. The third kappa shape index (κ3) is 2.26. The smallest absolute Gasteiger partial charge is 0.222 e. The van der Waals surface area contributed by atoms with Crippen molar-refractivity contribution in [1.82, 2.24) is 4.98 Å². The highest BCUT2D eigenvalue weighted by molar-refractivity contribution is 5.43. The van der Waals surface area contributed by atoms with E-state index in [-0.39, 0.29) is 0 Å². The van der Waals surface area contributed by atoms with E-state index in [2.05, 4.69) is 4.98 Å². The van der Waals surface area contributed by atoms with Gasteiger partial charge in [0.1, 0.15) is 5.75 Å². The molecule has 15 heavy (non-hydrogen) atoms. The first-order chi connectivity index (χ1) is 7.25. The summed E-state index contributed by atoms with van der Waals surface area (Å²) in [6, 6.07) is 11.4. The second-order valence-corrected chi connectivity index (χ2v) is 3.31. The number of nitrogens with zero attached hydrogens (tertiary/aromatic N) is 1. The molecule has 1 heterocycles. The van der Waals surface area contributed by atoms with Crippen LogP contribution in [0.25, 0.3) is 0 Å². The molecule has 76 valence electrons. The summed E-state index contributed by atoms with van der Waals surface area (Å²) in [5.74, 6) is 1.37. The van der Waals surface area contributed by atoms with Crippen molar-refractivity contribution in [3.63, 3.8) is 0 Å². The van der Waals surface area contributed by atoms with E-state index in [1.165, 1.54) is 0 Å². The van der Waals surface area contributed by atoms with Crippen molar-refractivity contribution in [3.8, 4) is 11.6 Å². The quantitative estimate of drug-likeness (QED) is 0.810. The number of aryl methyl sites for hydroxylation is 1. The fraction of sp³-hybridized carbons (Fsp3) is 0.0833. The fourth-order valence-corrected chi connectivity index (χ4v) is 1.29. The standard InChI is InChI=1S/C12H12N2O/c1-9-7-10(13)8-14-12(9)15-11-5-3-2-4-6-11/h2-8H,13H2,1H3. The number of aromatic nitrogens is 1. The van der Waals surface area contributed by atoms with Crippen LogP contribution in [0.1, 0.15) is 5.56 Å². The predicted molar refractivity (Wildman–Crippen MR) is 59.9 cm³/mol. The van der Waals surface area contributed by atoms with Gasteiger partial charge in [0.05, 0.1) is 11.9 Å². The highest BCUT2D eigenvalue weighted by Crippen LogP contribution is 2.23. The molecule has 1 aromatic carbocycles. The van der Waals surface area contributed by atoms with Gasteiger partial charge in [0.15, 0.2) is 0 Å². The molecule has 3 heteroatoms. The lowest BCUT2D eigenvalue weighted by atomic mass is 10.3. The van der Waals surface area contributed by atoms with Crippen LogP contribution in [0.4, 0.5) is 5.69 Å². The van der Waals surface area contributed by atoms with Gasteiger partial charge < -0.3 is 10.5 Å². The number of pyridine rings is 1. The number of benzene rings is 1. The Hall–Kier alpha value is -2.03. The minimum Gasteiger partial charge on any atom is -0.439 e. The second-order valence-electron chi connectivity index (χ2n) is 3.31. The molecule has 0 spiro atoms. The summed E-state index contributed by atoms with van der Waals surface area (Å²) in [5, 5.41) is 0. The van der Waals surface area contributed by atoms with Gasteiger partial charge in [0.25, 0.3) is 0 Å². The van der Waals surface area contributed by atoms with Gasteiger partial charge in [-0.1, -0.05) is 18.2 Å². The first kappa shape index (κ1) is 9.52. The number of nitrogen functional groups attached to an aromatic ring is 1. The van der Waals surface area contributed by atoms with Crippen molar-refractivity contribution >= 4 is 5.69 Å². The highest BCUT2D eigenvalue weighted by atomic mass is 16.5. The zero-order chi connectivity index (χ0) is 10.7. The number of hydrogen-bond acceptors (Lipinski definition) is 3. The van der Waals surface area contributed by atoms with E-state index in [1.54, 1.807) is 6.20 Å². The van der Waals surface area contributed by atoms with Gasteiger partial charge in [0, 0.05) is 5.56 Å². The average Bonchev–Trinajstić information content (AvgIpc) is 2.24. The molecule has 2 N–H and O–H groups in total. The van der Waals surface area contributed by atoms with Crippen molar-refractivity contribution < 1.29 is 4.74 Å². The zero-order valence-electron chi connectivity index (χ0n) is 8.47. The second kappa shape index (κ2) is 4.00. The lowest BCUT2D eigenvalue weighted by Crippen LogP contribution is -1.93. The summed E-state index contributed by atoms with van der Waals surface area (Å²) in [6.07, 6.45) is 1.59. The lowest BCUT2D eigenvalue weighted by Gasteiger charge is -2.07. The van der Waals surface area contributed by atoms with Gasteiger partial charge in [-0.2, -0.15) is 0 Å². The van der Waals surface area contributed by atoms with Crippen LogP contribution in [0.3, 0.4) is 0 Å². The maximum Gasteiger partial charge on any atom is 0.222 e. The average molecular weight is 200 g/mol. The molecule has 0 aliphatic carbocycles. The minimum absolute atomic E-state index is 0.593. The Kier molecular flexibility index (Phi) is 2.54. The Morgan fingerprint density at radius 2 is 1.93 bits per heavy atom. The van der Waals surface area contributed by atoms with Crippen LogP contribution in [0.5, 0.6) is 11.6 Å². The molecule has 0 aliphatic rings. The van der Waals surface area contributed by atoms with E-state index in [9.17, 15) is 0 Å². The number of rotatable bonds is 2. The number of ether oxygens (including phenoxy) is 1. The summed E-state index contributed by atoms with van der Waals surface area (Å²) >= 11 is 0. The monoisotopic (exact) mass is 200 g/mol. The molecule has 0 unspecified atom stereocenters. The molecule has 2 rings (SSSR count). The molecule has 1 aromatic heterocycles. The van der Waals surface area contributed by atoms with Gasteiger partial charge in [-0.3, -0.25) is 0 Å². The topological polar surface area (TPSA) is 48.1 Å². The van der Waals surface area contributed by atoms with E-state index in [4.69, 9.17) is 10.5 Å². The molecular weight excluding hydrogens is 188 g/mol. The van der Waals surface area contributed by atoms with Crippen molar-refractivity contribution in [2.75, 3.05) is 5.73 Å². The summed E-state index contributed by atoms with van der Waals surface area (Å²) in [6.45, 7) is 1.92. The Bertz CT molecular complexity index is 454. The van der Waals surface area contributed by atoms with Crippen LogP contribution in [0.2, 0.25) is 0 Å². The first-order valence-corrected chi connectivity index (χ1v) is 4.71. The van der Waals surface area contributed by atoms with Gasteiger partial charge in [-0.05, 0) is 25.1 Å². The molecule has 0 radical (unpaired) electrons. The van der Waals surface area contributed by atoms with E-state index < -0.39 is 0 Å². The maximum atomic E-state index is 5.60. The van der Waals surface area contributed by atoms with Crippen molar-refractivity contribution in [2.45, 2.75) is 6.92 Å². The number of anilines is 1.